The van der Waals surface area contributed by atoms with Gasteiger partial charge in [0.2, 0.25) is 11.9 Å². The molecule has 0 aromatic carbocycles. The molecule has 0 atom stereocenters. The highest BCUT2D eigenvalue weighted by atomic mass is 16.3. The second-order valence-corrected chi connectivity index (χ2v) is 4.36. The lowest BCUT2D eigenvalue weighted by atomic mass is 10.3. The van der Waals surface area contributed by atoms with Crippen molar-refractivity contribution >= 4 is 11.9 Å². The topological polar surface area (TPSA) is 85.8 Å². The molecule has 3 aromatic heterocycles. The van der Waals surface area contributed by atoms with Crippen LogP contribution in [0.4, 0.5) is 5.95 Å². The monoisotopic (exact) mass is 283 g/mol. The molecule has 1 N–H and O–H groups in total. The van der Waals surface area contributed by atoms with E-state index in [-0.39, 0.29) is 5.91 Å². The van der Waals surface area contributed by atoms with E-state index in [1.807, 2.05) is 12.1 Å². The van der Waals surface area contributed by atoms with Crippen molar-refractivity contribution in [2.45, 2.75) is 13.5 Å². The SMILES string of the molecule is CC(=O)n1nc(-c2cccnc2)nc1NCc1ccco1. The van der Waals surface area contributed by atoms with E-state index in [1.54, 1.807) is 30.8 Å². The number of aromatic nitrogens is 4. The standard InChI is InChI=1S/C14H13N5O2/c1-10(20)19-14(16-9-12-5-3-7-21-12)17-13(18-19)11-4-2-6-15-8-11/h2-8H,9H2,1H3,(H,16,17,18). The zero-order chi connectivity index (χ0) is 14.7. The van der Waals surface area contributed by atoms with Crippen LogP contribution in [0.25, 0.3) is 11.4 Å². The van der Waals surface area contributed by atoms with Gasteiger partial charge in [-0.15, -0.1) is 5.10 Å². The number of carbonyl (C=O) groups is 1. The van der Waals surface area contributed by atoms with Crippen LogP contribution in [-0.2, 0) is 6.54 Å². The van der Waals surface area contributed by atoms with Crippen molar-refractivity contribution in [3.63, 3.8) is 0 Å². The molecule has 0 fully saturated rings. The van der Waals surface area contributed by atoms with E-state index < -0.39 is 0 Å². The summed E-state index contributed by atoms with van der Waals surface area (Å²) in [5, 5.41) is 7.24. The van der Waals surface area contributed by atoms with Gasteiger partial charge in [0.1, 0.15) is 5.76 Å². The largest absolute Gasteiger partial charge is 0.467 e. The van der Waals surface area contributed by atoms with Crippen molar-refractivity contribution in [3.8, 4) is 11.4 Å². The van der Waals surface area contributed by atoms with E-state index >= 15 is 0 Å². The Morgan fingerprint density at radius 3 is 2.95 bits per heavy atom. The minimum absolute atomic E-state index is 0.223. The summed E-state index contributed by atoms with van der Waals surface area (Å²) in [6, 6.07) is 7.26. The number of carbonyl (C=O) groups excluding carboxylic acids is 1. The molecule has 0 radical (unpaired) electrons. The summed E-state index contributed by atoms with van der Waals surface area (Å²) in [4.78, 5) is 20.0. The highest BCUT2D eigenvalue weighted by Gasteiger charge is 2.14. The van der Waals surface area contributed by atoms with Gasteiger partial charge in [-0.2, -0.15) is 9.67 Å². The molecule has 3 rings (SSSR count). The van der Waals surface area contributed by atoms with E-state index in [2.05, 4.69) is 20.4 Å². The summed E-state index contributed by atoms with van der Waals surface area (Å²) >= 11 is 0. The second kappa shape index (κ2) is 5.58. The number of nitrogens with zero attached hydrogens (tertiary/aromatic N) is 4. The normalized spacial score (nSPS) is 10.5. The Kier molecular flexibility index (Phi) is 3.46. The third-order valence-corrected chi connectivity index (χ3v) is 2.83. The summed E-state index contributed by atoms with van der Waals surface area (Å²) in [5.74, 6) is 1.34. The number of pyridine rings is 1. The molecule has 21 heavy (non-hydrogen) atoms. The Morgan fingerprint density at radius 1 is 1.38 bits per heavy atom. The summed E-state index contributed by atoms with van der Waals surface area (Å²) < 4.78 is 6.46. The van der Waals surface area contributed by atoms with Crippen LogP contribution in [-0.4, -0.2) is 25.7 Å². The molecule has 7 nitrogen and oxygen atoms in total. The molecule has 0 bridgehead atoms. The number of nitrogens with one attached hydrogen (secondary N) is 1. The summed E-state index contributed by atoms with van der Waals surface area (Å²) in [5.41, 5.74) is 0.749. The van der Waals surface area contributed by atoms with Crippen LogP contribution < -0.4 is 5.32 Å². The predicted octanol–water partition coefficient (Wildman–Crippen LogP) is 2.21. The lowest BCUT2D eigenvalue weighted by Crippen LogP contribution is -2.13. The van der Waals surface area contributed by atoms with E-state index in [4.69, 9.17) is 4.42 Å². The minimum Gasteiger partial charge on any atom is -0.467 e. The number of furan rings is 1. The lowest BCUT2D eigenvalue weighted by Gasteiger charge is -2.02. The van der Waals surface area contributed by atoms with Gasteiger partial charge in [-0.05, 0) is 24.3 Å². The average Bonchev–Trinajstić information content (AvgIpc) is 3.15. The van der Waals surface area contributed by atoms with Gasteiger partial charge >= 0.3 is 0 Å². The molecule has 0 spiro atoms. The maximum atomic E-state index is 11.7. The van der Waals surface area contributed by atoms with Gasteiger partial charge in [-0.25, -0.2) is 0 Å². The Morgan fingerprint density at radius 2 is 2.29 bits per heavy atom. The van der Waals surface area contributed by atoms with Gasteiger partial charge in [0, 0.05) is 24.9 Å². The van der Waals surface area contributed by atoms with E-state index in [0.29, 0.717) is 18.3 Å². The third-order valence-electron chi connectivity index (χ3n) is 2.83. The van der Waals surface area contributed by atoms with Crippen LogP contribution in [0.2, 0.25) is 0 Å². The number of rotatable bonds is 4. The number of anilines is 1. The molecule has 0 aliphatic rings. The zero-order valence-corrected chi connectivity index (χ0v) is 11.4. The van der Waals surface area contributed by atoms with Gasteiger partial charge in [-0.1, -0.05) is 0 Å². The maximum absolute atomic E-state index is 11.7. The Labute approximate surface area is 120 Å². The minimum atomic E-state index is -0.223. The molecular formula is C14H13N5O2. The fourth-order valence-electron chi connectivity index (χ4n) is 1.84. The smallest absolute Gasteiger partial charge is 0.246 e. The fraction of sp³-hybridized carbons (Fsp3) is 0.143. The Bertz CT molecular complexity index is 734. The van der Waals surface area contributed by atoms with Crippen molar-refractivity contribution in [2.24, 2.45) is 0 Å². The first-order valence-corrected chi connectivity index (χ1v) is 6.38. The Hall–Kier alpha value is -2.96. The molecule has 0 unspecified atom stereocenters. The highest BCUT2D eigenvalue weighted by Crippen LogP contribution is 2.17. The van der Waals surface area contributed by atoms with Crippen molar-refractivity contribution in [3.05, 3.63) is 48.7 Å². The zero-order valence-electron chi connectivity index (χ0n) is 11.4. The van der Waals surface area contributed by atoms with Gasteiger partial charge in [0.15, 0.2) is 5.82 Å². The first-order chi connectivity index (χ1) is 10.2. The van der Waals surface area contributed by atoms with Crippen molar-refractivity contribution in [1.82, 2.24) is 19.7 Å². The first-order valence-electron chi connectivity index (χ1n) is 6.38. The van der Waals surface area contributed by atoms with Gasteiger partial charge < -0.3 is 9.73 Å². The van der Waals surface area contributed by atoms with Gasteiger partial charge in [-0.3, -0.25) is 9.78 Å². The average molecular weight is 283 g/mol. The maximum Gasteiger partial charge on any atom is 0.246 e. The van der Waals surface area contributed by atoms with E-state index in [1.165, 1.54) is 11.6 Å². The van der Waals surface area contributed by atoms with E-state index in [9.17, 15) is 4.79 Å². The second-order valence-electron chi connectivity index (χ2n) is 4.36. The van der Waals surface area contributed by atoms with Crippen LogP contribution in [0.1, 0.15) is 17.5 Å². The van der Waals surface area contributed by atoms with Crippen LogP contribution >= 0.6 is 0 Å². The third kappa shape index (κ3) is 2.81. The molecular weight excluding hydrogens is 270 g/mol. The molecule has 7 heteroatoms. The molecule has 0 saturated heterocycles. The van der Waals surface area contributed by atoms with Crippen LogP contribution in [0, 0.1) is 0 Å². The lowest BCUT2D eigenvalue weighted by molar-refractivity contribution is 0.0923. The highest BCUT2D eigenvalue weighted by molar-refractivity contribution is 5.78. The Balaban J connectivity index is 1.88. The quantitative estimate of drug-likeness (QED) is 0.790. The summed E-state index contributed by atoms with van der Waals surface area (Å²) in [6.45, 7) is 1.85. The van der Waals surface area contributed by atoms with Crippen LogP contribution in [0.3, 0.4) is 0 Å². The molecule has 0 saturated carbocycles. The van der Waals surface area contributed by atoms with Crippen LogP contribution in [0.5, 0.6) is 0 Å². The summed E-state index contributed by atoms with van der Waals surface area (Å²) in [7, 11) is 0. The fourth-order valence-corrected chi connectivity index (χ4v) is 1.84. The molecule has 106 valence electrons. The van der Waals surface area contributed by atoms with Gasteiger partial charge in [0.25, 0.3) is 0 Å². The van der Waals surface area contributed by atoms with Crippen LogP contribution in [0.15, 0.2) is 47.3 Å². The predicted molar refractivity (Wildman–Crippen MR) is 75.6 cm³/mol. The molecule has 3 heterocycles. The number of hydrogen-bond acceptors (Lipinski definition) is 6. The molecule has 0 aliphatic carbocycles. The summed E-state index contributed by atoms with van der Waals surface area (Å²) in [6.07, 6.45) is 4.91. The van der Waals surface area contributed by atoms with Gasteiger partial charge in [0.05, 0.1) is 12.8 Å². The van der Waals surface area contributed by atoms with Crippen molar-refractivity contribution < 1.29 is 9.21 Å². The first kappa shape index (κ1) is 13.0. The number of hydrogen-bond donors (Lipinski definition) is 1. The molecule has 0 amide bonds. The van der Waals surface area contributed by atoms with E-state index in [0.717, 1.165) is 11.3 Å². The van der Waals surface area contributed by atoms with Crippen molar-refractivity contribution in [2.75, 3.05) is 5.32 Å². The van der Waals surface area contributed by atoms with Crippen molar-refractivity contribution in [1.29, 1.82) is 0 Å². The molecule has 0 aliphatic heterocycles. The molecule has 3 aromatic rings.